The first-order valence-corrected chi connectivity index (χ1v) is 7.32. The van der Waals surface area contributed by atoms with Gasteiger partial charge in [0.2, 0.25) is 0 Å². The van der Waals surface area contributed by atoms with Crippen LogP contribution >= 0.6 is 0 Å². The van der Waals surface area contributed by atoms with Crippen molar-refractivity contribution in [2.75, 3.05) is 13.7 Å². The lowest BCUT2D eigenvalue weighted by atomic mass is 10.00. The number of likely N-dealkylation sites (N-methyl/N-ethyl adjacent to an activating group) is 1. The standard InChI is InChI=1S/C16H19N3O3/c1-10-14(12-7-5-4-6-8-12)19(16(21)18(10)3)15(20)13-9-22-11(2)17-13/h4-8,10,13-14H,9H2,1-3H3/t10-,13+,14-/m0/s1. The molecule has 2 aliphatic rings. The van der Waals surface area contributed by atoms with Crippen molar-refractivity contribution in [1.29, 1.82) is 0 Å². The van der Waals surface area contributed by atoms with Crippen molar-refractivity contribution >= 4 is 17.8 Å². The zero-order chi connectivity index (χ0) is 15.9. The van der Waals surface area contributed by atoms with Crippen LogP contribution in [0, 0.1) is 0 Å². The Balaban J connectivity index is 1.96. The van der Waals surface area contributed by atoms with E-state index in [9.17, 15) is 9.59 Å². The Hall–Kier alpha value is -2.37. The predicted molar refractivity (Wildman–Crippen MR) is 81.5 cm³/mol. The van der Waals surface area contributed by atoms with Crippen LogP contribution in [0.3, 0.4) is 0 Å². The van der Waals surface area contributed by atoms with Crippen molar-refractivity contribution < 1.29 is 14.3 Å². The first-order chi connectivity index (χ1) is 10.5. The lowest BCUT2D eigenvalue weighted by Gasteiger charge is -2.25. The molecule has 3 atom stereocenters. The van der Waals surface area contributed by atoms with Crippen LogP contribution in [0.5, 0.6) is 0 Å². The largest absolute Gasteiger partial charge is 0.478 e. The van der Waals surface area contributed by atoms with E-state index in [0.29, 0.717) is 5.90 Å². The van der Waals surface area contributed by atoms with Crippen LogP contribution in [0.25, 0.3) is 0 Å². The number of ether oxygens (including phenoxy) is 1. The first-order valence-electron chi connectivity index (χ1n) is 7.32. The molecule has 116 valence electrons. The smallest absolute Gasteiger partial charge is 0.327 e. The van der Waals surface area contributed by atoms with Crippen LogP contribution in [0.2, 0.25) is 0 Å². The highest BCUT2D eigenvalue weighted by Gasteiger charge is 2.47. The fourth-order valence-electron chi connectivity index (χ4n) is 2.98. The van der Waals surface area contributed by atoms with Gasteiger partial charge in [0.25, 0.3) is 5.91 Å². The van der Waals surface area contributed by atoms with Crippen molar-refractivity contribution in [2.45, 2.75) is 32.0 Å². The fraction of sp³-hybridized carbons (Fsp3) is 0.438. The van der Waals surface area contributed by atoms with Crippen LogP contribution in [0.15, 0.2) is 35.3 Å². The van der Waals surface area contributed by atoms with Gasteiger partial charge in [-0.05, 0) is 12.5 Å². The van der Waals surface area contributed by atoms with Gasteiger partial charge in [-0.15, -0.1) is 0 Å². The molecule has 1 saturated heterocycles. The topological polar surface area (TPSA) is 62.2 Å². The second-order valence-corrected chi connectivity index (χ2v) is 5.67. The maximum atomic E-state index is 12.8. The highest BCUT2D eigenvalue weighted by atomic mass is 16.5. The van der Waals surface area contributed by atoms with Gasteiger partial charge in [-0.2, -0.15) is 0 Å². The van der Waals surface area contributed by atoms with Gasteiger partial charge in [0.15, 0.2) is 11.9 Å². The molecule has 0 N–H and O–H groups in total. The van der Waals surface area contributed by atoms with E-state index in [1.165, 1.54) is 4.90 Å². The van der Waals surface area contributed by atoms with Gasteiger partial charge in [0.05, 0.1) is 12.1 Å². The van der Waals surface area contributed by atoms with E-state index in [1.54, 1.807) is 18.9 Å². The molecule has 2 heterocycles. The summed E-state index contributed by atoms with van der Waals surface area (Å²) in [6.07, 6.45) is 0. The normalized spacial score (nSPS) is 27.9. The number of carbonyl (C=O) groups is 2. The van der Waals surface area contributed by atoms with Gasteiger partial charge >= 0.3 is 6.03 Å². The molecule has 6 nitrogen and oxygen atoms in total. The Morgan fingerprint density at radius 2 is 2.00 bits per heavy atom. The summed E-state index contributed by atoms with van der Waals surface area (Å²) in [7, 11) is 1.72. The second-order valence-electron chi connectivity index (χ2n) is 5.67. The number of imide groups is 1. The monoisotopic (exact) mass is 301 g/mol. The summed E-state index contributed by atoms with van der Waals surface area (Å²) in [5, 5.41) is 0. The number of benzene rings is 1. The molecule has 0 bridgehead atoms. The van der Waals surface area contributed by atoms with E-state index in [1.807, 2.05) is 37.3 Å². The van der Waals surface area contributed by atoms with Gasteiger partial charge in [-0.3, -0.25) is 9.69 Å². The summed E-state index contributed by atoms with van der Waals surface area (Å²) in [6, 6.07) is 8.30. The minimum absolute atomic E-state index is 0.0914. The van der Waals surface area contributed by atoms with E-state index < -0.39 is 6.04 Å². The molecule has 3 amide bonds. The average Bonchev–Trinajstić information content (AvgIpc) is 3.05. The van der Waals surface area contributed by atoms with Crippen molar-refractivity contribution in [2.24, 2.45) is 4.99 Å². The minimum atomic E-state index is -0.631. The van der Waals surface area contributed by atoms with Crippen LogP contribution < -0.4 is 0 Å². The number of aliphatic imine (C=N–C) groups is 1. The van der Waals surface area contributed by atoms with E-state index in [2.05, 4.69) is 4.99 Å². The lowest BCUT2D eigenvalue weighted by Crippen LogP contribution is -2.42. The number of rotatable bonds is 2. The summed E-state index contributed by atoms with van der Waals surface area (Å²) in [4.78, 5) is 32.4. The van der Waals surface area contributed by atoms with Crippen molar-refractivity contribution in [3.8, 4) is 0 Å². The van der Waals surface area contributed by atoms with Gasteiger partial charge in [0, 0.05) is 14.0 Å². The molecule has 1 fully saturated rings. The minimum Gasteiger partial charge on any atom is -0.478 e. The zero-order valence-electron chi connectivity index (χ0n) is 12.9. The van der Waals surface area contributed by atoms with E-state index in [0.717, 1.165) is 5.56 Å². The van der Waals surface area contributed by atoms with Crippen molar-refractivity contribution in [3.63, 3.8) is 0 Å². The molecular formula is C16H19N3O3. The average molecular weight is 301 g/mol. The van der Waals surface area contributed by atoms with E-state index in [4.69, 9.17) is 4.74 Å². The summed E-state index contributed by atoms with van der Waals surface area (Å²) < 4.78 is 5.25. The number of hydrogen-bond donors (Lipinski definition) is 0. The molecule has 3 rings (SSSR count). The highest BCUT2D eigenvalue weighted by Crippen LogP contribution is 2.35. The zero-order valence-corrected chi connectivity index (χ0v) is 12.9. The highest BCUT2D eigenvalue weighted by molar-refractivity contribution is 6.00. The molecule has 0 spiro atoms. The SMILES string of the molecule is CC1=N[C@@H](C(=O)N2C(=O)N(C)[C@@H](C)[C@H]2c2ccccc2)CO1. The first kappa shape index (κ1) is 14.6. The quantitative estimate of drug-likeness (QED) is 0.837. The third-order valence-electron chi connectivity index (χ3n) is 4.31. The number of nitrogens with zero attached hydrogens (tertiary/aromatic N) is 3. The molecule has 0 aliphatic carbocycles. The number of hydrogen-bond acceptors (Lipinski definition) is 4. The van der Waals surface area contributed by atoms with Gasteiger partial charge < -0.3 is 9.64 Å². The van der Waals surface area contributed by atoms with Gasteiger partial charge in [0.1, 0.15) is 6.61 Å². The fourth-order valence-corrected chi connectivity index (χ4v) is 2.98. The molecule has 1 aromatic carbocycles. The number of carbonyl (C=O) groups excluding carboxylic acids is 2. The van der Waals surface area contributed by atoms with E-state index in [-0.39, 0.29) is 30.6 Å². The number of urea groups is 1. The maximum absolute atomic E-state index is 12.8. The maximum Gasteiger partial charge on any atom is 0.327 e. The lowest BCUT2D eigenvalue weighted by molar-refractivity contribution is -0.131. The molecule has 0 saturated carbocycles. The van der Waals surface area contributed by atoms with Crippen LogP contribution in [-0.2, 0) is 9.53 Å². The van der Waals surface area contributed by atoms with Crippen molar-refractivity contribution in [3.05, 3.63) is 35.9 Å². The van der Waals surface area contributed by atoms with Crippen LogP contribution in [0.1, 0.15) is 25.5 Å². The van der Waals surface area contributed by atoms with Crippen LogP contribution in [0.4, 0.5) is 4.79 Å². The molecule has 2 aliphatic heterocycles. The Morgan fingerprint density at radius 1 is 1.32 bits per heavy atom. The molecule has 0 unspecified atom stereocenters. The van der Waals surface area contributed by atoms with Crippen molar-refractivity contribution in [1.82, 2.24) is 9.80 Å². The Bertz CT molecular complexity index is 629. The van der Waals surface area contributed by atoms with E-state index >= 15 is 0 Å². The Kier molecular flexibility index (Phi) is 3.60. The van der Waals surface area contributed by atoms with Gasteiger partial charge in [-0.1, -0.05) is 30.3 Å². The number of amides is 3. The molecule has 22 heavy (non-hydrogen) atoms. The molecular weight excluding hydrogens is 282 g/mol. The summed E-state index contributed by atoms with van der Waals surface area (Å²) in [5.74, 6) is 0.189. The predicted octanol–water partition coefficient (Wildman–Crippen LogP) is 1.83. The third kappa shape index (κ3) is 2.24. The molecule has 0 radical (unpaired) electrons. The summed E-state index contributed by atoms with van der Waals surface area (Å²) >= 11 is 0. The molecule has 1 aromatic rings. The van der Waals surface area contributed by atoms with Crippen LogP contribution in [-0.4, -0.2) is 53.4 Å². The van der Waals surface area contributed by atoms with Gasteiger partial charge in [-0.25, -0.2) is 9.79 Å². The third-order valence-corrected chi connectivity index (χ3v) is 4.31. The molecule has 6 heteroatoms. The Labute approximate surface area is 129 Å². The summed E-state index contributed by atoms with van der Waals surface area (Å²) in [5.41, 5.74) is 0.945. The molecule has 0 aromatic heterocycles. The second kappa shape index (κ2) is 5.44. The Morgan fingerprint density at radius 3 is 2.59 bits per heavy atom. The summed E-state index contributed by atoms with van der Waals surface area (Å²) in [6.45, 7) is 3.86.